The SMILES string of the molecule is COc1ccc(C(=O)NC(Cc2ccccc2Cl)c2ccccc2)cc1S(=O)(=O)N(C)C. The minimum atomic E-state index is -3.80. The molecule has 0 saturated heterocycles. The van der Waals surface area contributed by atoms with Crippen LogP contribution in [-0.4, -0.2) is 39.8 Å². The van der Waals surface area contributed by atoms with Crippen molar-refractivity contribution in [3.8, 4) is 5.75 Å². The minimum absolute atomic E-state index is 0.0694. The highest BCUT2D eigenvalue weighted by Crippen LogP contribution is 2.28. The molecule has 32 heavy (non-hydrogen) atoms. The quantitative estimate of drug-likeness (QED) is 0.530. The van der Waals surface area contributed by atoms with E-state index in [1.54, 1.807) is 6.07 Å². The van der Waals surface area contributed by atoms with Gasteiger partial charge in [-0.2, -0.15) is 0 Å². The molecule has 1 unspecified atom stereocenters. The molecule has 1 N–H and O–H groups in total. The van der Waals surface area contributed by atoms with E-state index in [0.717, 1.165) is 15.4 Å². The Morgan fingerprint density at radius 1 is 1.03 bits per heavy atom. The Bertz CT molecular complexity index is 1200. The molecular weight excluding hydrogens is 448 g/mol. The Kier molecular flexibility index (Phi) is 7.56. The van der Waals surface area contributed by atoms with Crippen LogP contribution in [-0.2, 0) is 16.4 Å². The molecule has 0 saturated carbocycles. The third kappa shape index (κ3) is 5.30. The Morgan fingerprint density at radius 3 is 2.31 bits per heavy atom. The number of hydrogen-bond donors (Lipinski definition) is 1. The molecule has 0 spiro atoms. The van der Waals surface area contributed by atoms with Crippen molar-refractivity contribution in [2.24, 2.45) is 0 Å². The van der Waals surface area contributed by atoms with Crippen LogP contribution < -0.4 is 10.1 Å². The third-order valence-electron chi connectivity index (χ3n) is 5.07. The van der Waals surface area contributed by atoms with E-state index >= 15 is 0 Å². The Morgan fingerprint density at radius 2 is 1.69 bits per heavy atom. The Balaban J connectivity index is 1.95. The molecule has 0 aliphatic rings. The second-order valence-electron chi connectivity index (χ2n) is 7.39. The summed E-state index contributed by atoms with van der Waals surface area (Å²) < 4.78 is 31.7. The van der Waals surface area contributed by atoms with Crippen molar-refractivity contribution in [1.82, 2.24) is 9.62 Å². The van der Waals surface area contributed by atoms with E-state index in [0.29, 0.717) is 11.4 Å². The van der Waals surface area contributed by atoms with E-state index in [9.17, 15) is 13.2 Å². The van der Waals surface area contributed by atoms with Crippen molar-refractivity contribution in [3.05, 3.63) is 94.5 Å². The van der Waals surface area contributed by atoms with Crippen LogP contribution in [0.4, 0.5) is 0 Å². The number of ether oxygens (including phenoxy) is 1. The average Bonchev–Trinajstić information content (AvgIpc) is 2.80. The summed E-state index contributed by atoms with van der Waals surface area (Å²) in [5.74, 6) is -0.227. The fourth-order valence-corrected chi connectivity index (χ4v) is 4.57. The van der Waals surface area contributed by atoms with Crippen molar-refractivity contribution in [2.75, 3.05) is 21.2 Å². The molecule has 1 amide bonds. The number of nitrogens with zero attached hydrogens (tertiary/aromatic N) is 1. The summed E-state index contributed by atoms with van der Waals surface area (Å²) in [6.45, 7) is 0. The largest absolute Gasteiger partial charge is 0.495 e. The van der Waals surface area contributed by atoms with Gasteiger partial charge in [-0.15, -0.1) is 0 Å². The first-order valence-corrected chi connectivity index (χ1v) is 11.8. The summed E-state index contributed by atoms with van der Waals surface area (Å²) in [6.07, 6.45) is 0.481. The van der Waals surface area contributed by atoms with Gasteiger partial charge in [0.15, 0.2) is 0 Å². The van der Waals surface area contributed by atoms with Crippen LogP contribution in [0.2, 0.25) is 5.02 Å². The minimum Gasteiger partial charge on any atom is -0.495 e. The van der Waals surface area contributed by atoms with Crippen molar-refractivity contribution in [1.29, 1.82) is 0 Å². The van der Waals surface area contributed by atoms with E-state index in [1.807, 2.05) is 54.6 Å². The molecule has 0 aromatic heterocycles. The molecule has 0 aliphatic heterocycles. The van der Waals surface area contributed by atoms with Gasteiger partial charge in [-0.05, 0) is 41.8 Å². The van der Waals surface area contributed by atoms with Gasteiger partial charge < -0.3 is 10.1 Å². The number of amides is 1. The van der Waals surface area contributed by atoms with Crippen molar-refractivity contribution >= 4 is 27.5 Å². The van der Waals surface area contributed by atoms with Gasteiger partial charge in [-0.1, -0.05) is 60.1 Å². The fraction of sp³-hybridized carbons (Fsp3) is 0.208. The number of nitrogens with one attached hydrogen (secondary N) is 1. The molecule has 0 fully saturated rings. The second kappa shape index (κ2) is 10.2. The normalized spacial score (nSPS) is 12.4. The Labute approximate surface area is 193 Å². The van der Waals surface area contributed by atoms with Crippen molar-refractivity contribution in [2.45, 2.75) is 17.4 Å². The van der Waals surface area contributed by atoms with E-state index in [4.69, 9.17) is 16.3 Å². The van der Waals surface area contributed by atoms with Gasteiger partial charge in [0.1, 0.15) is 10.6 Å². The van der Waals surface area contributed by atoms with Crippen LogP contribution in [0, 0.1) is 0 Å². The second-order valence-corrected chi connectivity index (χ2v) is 9.91. The lowest BCUT2D eigenvalue weighted by molar-refractivity contribution is 0.0936. The number of carbonyl (C=O) groups excluding carboxylic acids is 1. The number of benzene rings is 3. The zero-order valence-electron chi connectivity index (χ0n) is 18.1. The third-order valence-corrected chi connectivity index (χ3v) is 7.28. The highest BCUT2D eigenvalue weighted by Gasteiger charge is 2.25. The lowest BCUT2D eigenvalue weighted by atomic mass is 9.98. The zero-order valence-corrected chi connectivity index (χ0v) is 19.7. The summed E-state index contributed by atoms with van der Waals surface area (Å²) in [6, 6.07) is 21.0. The molecule has 3 aromatic carbocycles. The van der Waals surface area contributed by atoms with Crippen LogP contribution in [0.3, 0.4) is 0 Å². The number of rotatable bonds is 8. The maximum atomic E-state index is 13.2. The monoisotopic (exact) mass is 472 g/mol. The number of halogens is 1. The van der Waals surface area contributed by atoms with Gasteiger partial charge in [0.25, 0.3) is 5.91 Å². The molecule has 6 nitrogen and oxygen atoms in total. The van der Waals surface area contributed by atoms with Gasteiger partial charge in [-0.3, -0.25) is 4.79 Å². The van der Waals surface area contributed by atoms with Crippen LogP contribution in [0.1, 0.15) is 27.5 Å². The van der Waals surface area contributed by atoms with Crippen molar-refractivity contribution in [3.63, 3.8) is 0 Å². The lowest BCUT2D eigenvalue weighted by Crippen LogP contribution is -2.30. The van der Waals surface area contributed by atoms with Gasteiger partial charge >= 0.3 is 0 Å². The zero-order chi connectivity index (χ0) is 23.3. The standard InChI is InChI=1S/C24H25ClN2O4S/c1-27(2)32(29,30)23-16-19(13-14-22(23)31-3)24(28)26-21(17-9-5-4-6-10-17)15-18-11-7-8-12-20(18)25/h4-14,16,21H,15H2,1-3H3,(H,26,28). The number of sulfonamides is 1. The van der Waals surface area contributed by atoms with Crippen LogP contribution in [0.25, 0.3) is 0 Å². The van der Waals surface area contributed by atoms with E-state index in [1.165, 1.54) is 33.3 Å². The summed E-state index contributed by atoms with van der Waals surface area (Å²) in [7, 11) is 0.442. The van der Waals surface area contributed by atoms with E-state index in [-0.39, 0.29) is 22.3 Å². The molecule has 3 aromatic rings. The van der Waals surface area contributed by atoms with Crippen LogP contribution >= 0.6 is 11.6 Å². The molecule has 0 aliphatic carbocycles. The van der Waals surface area contributed by atoms with Crippen LogP contribution in [0.15, 0.2) is 77.7 Å². The maximum Gasteiger partial charge on any atom is 0.251 e. The molecule has 0 radical (unpaired) electrons. The summed E-state index contributed by atoms with van der Waals surface area (Å²) >= 11 is 6.35. The molecule has 0 bridgehead atoms. The maximum absolute atomic E-state index is 13.2. The number of hydrogen-bond acceptors (Lipinski definition) is 4. The molecule has 1 atom stereocenters. The van der Waals surface area contributed by atoms with Gasteiger partial charge in [-0.25, -0.2) is 12.7 Å². The fourth-order valence-electron chi connectivity index (χ4n) is 3.28. The molecule has 8 heteroatoms. The summed E-state index contributed by atoms with van der Waals surface area (Å²) in [5, 5.41) is 3.64. The molecule has 0 heterocycles. The van der Waals surface area contributed by atoms with E-state index in [2.05, 4.69) is 5.32 Å². The number of carbonyl (C=O) groups is 1. The van der Waals surface area contributed by atoms with Crippen LogP contribution in [0.5, 0.6) is 5.75 Å². The molecule has 3 rings (SSSR count). The molecular formula is C24H25ClN2O4S. The smallest absolute Gasteiger partial charge is 0.251 e. The Hall–Kier alpha value is -2.87. The first-order chi connectivity index (χ1) is 15.2. The highest BCUT2D eigenvalue weighted by molar-refractivity contribution is 7.89. The summed E-state index contributed by atoms with van der Waals surface area (Å²) in [4.78, 5) is 13.1. The first-order valence-electron chi connectivity index (χ1n) is 9.94. The topological polar surface area (TPSA) is 75.7 Å². The lowest BCUT2D eigenvalue weighted by Gasteiger charge is -2.21. The summed E-state index contributed by atoms with van der Waals surface area (Å²) in [5.41, 5.74) is 2.02. The number of methoxy groups -OCH3 is 1. The average molecular weight is 473 g/mol. The van der Waals surface area contributed by atoms with Crippen molar-refractivity contribution < 1.29 is 17.9 Å². The predicted molar refractivity (Wildman–Crippen MR) is 126 cm³/mol. The van der Waals surface area contributed by atoms with Gasteiger partial charge in [0.05, 0.1) is 13.2 Å². The van der Waals surface area contributed by atoms with E-state index < -0.39 is 15.9 Å². The van der Waals surface area contributed by atoms with Gasteiger partial charge in [0.2, 0.25) is 10.0 Å². The first kappa shape index (κ1) is 23.8. The molecule has 168 valence electrons. The predicted octanol–water partition coefficient (Wildman–Crippen LogP) is 4.31. The van der Waals surface area contributed by atoms with Gasteiger partial charge in [0, 0.05) is 24.7 Å². The highest BCUT2D eigenvalue weighted by atomic mass is 35.5.